The van der Waals surface area contributed by atoms with Crippen LogP contribution in [-0.4, -0.2) is 58.3 Å². The van der Waals surface area contributed by atoms with Gasteiger partial charge in [-0.15, -0.1) is 0 Å². The molecule has 0 spiro atoms. The molecule has 234 valence electrons. The molecular weight excluding hydrogens is 580 g/mol. The molecule has 0 unspecified atom stereocenters. The average molecular weight is 617 g/mol. The summed E-state index contributed by atoms with van der Waals surface area (Å²) in [4.78, 5) is 25.5. The minimum atomic E-state index is 0.759. The third-order valence-electron chi connectivity index (χ3n) is 6.49. The van der Waals surface area contributed by atoms with Crippen molar-refractivity contribution >= 4 is 0 Å². The number of aromatic nitrogens is 6. The molecule has 0 aliphatic carbocycles. The Balaban J connectivity index is 0.000000157. The van der Waals surface area contributed by atoms with Gasteiger partial charge in [0.15, 0.2) is 0 Å². The SMILES string of the molecule is COc1ccnc(-c2cc(OC)ccn2)c1.COc1ccnc(-c2cc(OC)ccn2)c1.Cc1ccnc(-c2cc(C)ccn2)c1. The van der Waals surface area contributed by atoms with E-state index in [0.717, 1.165) is 57.2 Å². The number of methoxy groups -OCH3 is 4. The van der Waals surface area contributed by atoms with Crippen molar-refractivity contribution in [3.8, 4) is 57.2 Å². The molecule has 6 heterocycles. The lowest BCUT2D eigenvalue weighted by atomic mass is 10.1. The van der Waals surface area contributed by atoms with Gasteiger partial charge in [-0.1, -0.05) is 0 Å². The highest BCUT2D eigenvalue weighted by Crippen LogP contribution is 2.23. The summed E-state index contributed by atoms with van der Waals surface area (Å²) in [5.41, 5.74) is 7.34. The minimum absolute atomic E-state index is 0.759. The van der Waals surface area contributed by atoms with E-state index in [1.807, 2.05) is 60.9 Å². The first-order chi connectivity index (χ1) is 22.4. The van der Waals surface area contributed by atoms with Crippen molar-refractivity contribution in [2.24, 2.45) is 0 Å². The van der Waals surface area contributed by atoms with Gasteiger partial charge in [0.2, 0.25) is 0 Å². The van der Waals surface area contributed by atoms with Crippen LogP contribution in [0.4, 0.5) is 0 Å². The van der Waals surface area contributed by atoms with Crippen molar-refractivity contribution in [1.82, 2.24) is 29.9 Å². The number of hydrogen-bond acceptors (Lipinski definition) is 10. The van der Waals surface area contributed by atoms with Crippen molar-refractivity contribution in [2.45, 2.75) is 13.8 Å². The highest BCUT2D eigenvalue weighted by molar-refractivity contribution is 5.59. The lowest BCUT2D eigenvalue weighted by Gasteiger charge is -2.04. The van der Waals surface area contributed by atoms with Crippen molar-refractivity contribution in [1.29, 1.82) is 0 Å². The summed E-state index contributed by atoms with van der Waals surface area (Å²) in [5.74, 6) is 3.04. The molecule has 0 N–H and O–H groups in total. The van der Waals surface area contributed by atoms with Crippen LogP contribution in [0, 0.1) is 13.8 Å². The molecule has 10 nitrogen and oxygen atoms in total. The fourth-order valence-corrected chi connectivity index (χ4v) is 4.07. The Labute approximate surface area is 269 Å². The molecule has 0 bridgehead atoms. The molecule has 6 aromatic heterocycles. The van der Waals surface area contributed by atoms with E-state index < -0.39 is 0 Å². The number of aryl methyl sites for hydroxylation is 2. The zero-order valence-corrected chi connectivity index (χ0v) is 26.7. The van der Waals surface area contributed by atoms with Gasteiger partial charge in [-0.25, -0.2) is 0 Å². The average Bonchev–Trinajstić information content (AvgIpc) is 3.12. The van der Waals surface area contributed by atoms with Crippen LogP contribution in [0.25, 0.3) is 34.2 Å². The van der Waals surface area contributed by atoms with Crippen LogP contribution >= 0.6 is 0 Å². The van der Waals surface area contributed by atoms with Crippen LogP contribution in [0.5, 0.6) is 23.0 Å². The lowest BCUT2D eigenvalue weighted by Crippen LogP contribution is -1.90. The maximum absolute atomic E-state index is 5.13. The molecule has 0 saturated carbocycles. The largest absolute Gasteiger partial charge is 0.497 e. The third kappa shape index (κ3) is 9.55. The number of ether oxygens (including phenoxy) is 4. The van der Waals surface area contributed by atoms with Gasteiger partial charge in [0.05, 0.1) is 62.6 Å². The fraction of sp³-hybridized carbons (Fsp3) is 0.167. The number of pyridine rings is 6. The molecule has 6 aromatic rings. The van der Waals surface area contributed by atoms with Gasteiger partial charge in [0, 0.05) is 61.4 Å². The molecule has 6 rings (SSSR count). The molecule has 0 radical (unpaired) electrons. The Morgan fingerprint density at radius 2 is 0.543 bits per heavy atom. The first-order valence-electron chi connectivity index (χ1n) is 14.3. The van der Waals surface area contributed by atoms with Crippen LogP contribution in [-0.2, 0) is 0 Å². The maximum atomic E-state index is 5.13. The second-order valence-electron chi connectivity index (χ2n) is 9.76. The topological polar surface area (TPSA) is 114 Å². The predicted molar refractivity (Wildman–Crippen MR) is 178 cm³/mol. The first kappa shape index (κ1) is 33.0. The van der Waals surface area contributed by atoms with Gasteiger partial charge in [-0.05, 0) is 73.5 Å². The second kappa shape index (κ2) is 16.8. The summed E-state index contributed by atoms with van der Waals surface area (Å²) in [6.45, 7) is 4.11. The standard InChI is InChI=1S/2C12H12N2O2.C12H12N2/c2*1-15-9-3-5-13-11(7-9)12-8-10(16-2)4-6-14-12;1-9-3-5-13-11(7-9)12-8-10(2)4-6-14-12/h2*3-8H,1-2H3;3-8H,1-2H3. The van der Waals surface area contributed by atoms with E-state index in [1.54, 1.807) is 77.5 Å². The molecule has 0 saturated heterocycles. The van der Waals surface area contributed by atoms with Crippen molar-refractivity contribution in [3.05, 3.63) is 121 Å². The summed E-state index contributed by atoms with van der Waals surface area (Å²) < 4.78 is 20.5. The molecule has 46 heavy (non-hydrogen) atoms. The quantitative estimate of drug-likeness (QED) is 0.184. The van der Waals surface area contributed by atoms with Crippen LogP contribution in [0.1, 0.15) is 11.1 Å². The Kier molecular flexibility index (Phi) is 12.1. The first-order valence-corrected chi connectivity index (χ1v) is 14.3. The van der Waals surface area contributed by atoms with E-state index in [1.165, 1.54) is 11.1 Å². The molecule has 0 aromatic carbocycles. The molecular formula is C36H36N6O4. The van der Waals surface area contributed by atoms with Crippen LogP contribution in [0.2, 0.25) is 0 Å². The fourth-order valence-electron chi connectivity index (χ4n) is 4.07. The molecule has 0 atom stereocenters. The molecule has 0 aliphatic heterocycles. The highest BCUT2D eigenvalue weighted by Gasteiger charge is 2.05. The van der Waals surface area contributed by atoms with E-state index in [9.17, 15) is 0 Å². The maximum Gasteiger partial charge on any atom is 0.122 e. The van der Waals surface area contributed by atoms with Crippen molar-refractivity contribution < 1.29 is 18.9 Å². The van der Waals surface area contributed by atoms with E-state index in [2.05, 4.69) is 43.8 Å². The zero-order valence-electron chi connectivity index (χ0n) is 26.7. The summed E-state index contributed by atoms with van der Waals surface area (Å²) in [7, 11) is 6.49. The van der Waals surface area contributed by atoms with Gasteiger partial charge >= 0.3 is 0 Å². The Bertz CT molecular complexity index is 1620. The Hall–Kier alpha value is -5.90. The molecule has 10 heteroatoms. The molecule has 0 aliphatic rings. The molecule has 0 fully saturated rings. The molecule has 0 amide bonds. The van der Waals surface area contributed by atoms with Gasteiger partial charge in [-0.2, -0.15) is 0 Å². The number of nitrogens with zero attached hydrogens (tertiary/aromatic N) is 6. The summed E-state index contributed by atoms with van der Waals surface area (Å²) in [6, 6.07) is 22.6. The number of hydrogen-bond donors (Lipinski definition) is 0. The normalized spacial score (nSPS) is 9.96. The van der Waals surface area contributed by atoms with E-state index in [4.69, 9.17) is 18.9 Å². The highest BCUT2D eigenvalue weighted by atomic mass is 16.5. The monoisotopic (exact) mass is 616 g/mol. The van der Waals surface area contributed by atoms with Crippen LogP contribution < -0.4 is 18.9 Å². The minimum Gasteiger partial charge on any atom is -0.497 e. The van der Waals surface area contributed by atoms with Gasteiger partial charge in [-0.3, -0.25) is 29.9 Å². The summed E-state index contributed by atoms with van der Waals surface area (Å²) in [6.07, 6.45) is 10.4. The third-order valence-corrected chi connectivity index (χ3v) is 6.49. The van der Waals surface area contributed by atoms with E-state index in [-0.39, 0.29) is 0 Å². The van der Waals surface area contributed by atoms with Crippen molar-refractivity contribution in [3.63, 3.8) is 0 Å². The lowest BCUT2D eigenvalue weighted by molar-refractivity contribution is 0.413. The van der Waals surface area contributed by atoms with E-state index in [0.29, 0.717) is 0 Å². The van der Waals surface area contributed by atoms with E-state index >= 15 is 0 Å². The van der Waals surface area contributed by atoms with Crippen LogP contribution in [0.15, 0.2) is 110 Å². The van der Waals surface area contributed by atoms with Gasteiger partial charge in [0.1, 0.15) is 23.0 Å². The van der Waals surface area contributed by atoms with Gasteiger partial charge in [0.25, 0.3) is 0 Å². The second-order valence-corrected chi connectivity index (χ2v) is 9.76. The Morgan fingerprint density at radius 3 is 0.761 bits per heavy atom. The summed E-state index contributed by atoms with van der Waals surface area (Å²) in [5, 5.41) is 0. The van der Waals surface area contributed by atoms with Gasteiger partial charge < -0.3 is 18.9 Å². The zero-order chi connectivity index (χ0) is 32.7. The summed E-state index contributed by atoms with van der Waals surface area (Å²) >= 11 is 0. The van der Waals surface area contributed by atoms with Crippen molar-refractivity contribution in [2.75, 3.05) is 28.4 Å². The van der Waals surface area contributed by atoms with Crippen LogP contribution in [0.3, 0.4) is 0 Å². The Morgan fingerprint density at radius 1 is 0.326 bits per heavy atom. The smallest absolute Gasteiger partial charge is 0.122 e. The predicted octanol–water partition coefficient (Wildman–Crippen LogP) is 7.08. The number of rotatable bonds is 7.